The van der Waals surface area contributed by atoms with Gasteiger partial charge in [0.2, 0.25) is 0 Å². The first kappa shape index (κ1) is 14.5. The molecule has 1 N–H and O–H groups in total. The molecule has 0 spiro atoms. The molecule has 0 fully saturated rings. The molecular weight excluding hydrogens is 286 g/mol. The summed E-state index contributed by atoms with van der Waals surface area (Å²) in [4.78, 5) is 0.353. The molecule has 0 saturated carbocycles. The molecule has 2 rings (SSSR count). The number of hydrogen-bond donors (Lipinski definition) is 1. The van der Waals surface area contributed by atoms with Gasteiger partial charge in [-0.3, -0.25) is 0 Å². The fraction of sp³-hybridized carbons (Fsp3) is 0.500. The molecule has 0 aliphatic carbocycles. The maximum absolute atomic E-state index is 11.9. The molecule has 0 bridgehead atoms. The van der Waals surface area contributed by atoms with Crippen molar-refractivity contribution in [2.45, 2.75) is 17.9 Å². The van der Waals surface area contributed by atoms with E-state index in [1.165, 1.54) is 0 Å². The number of nitrogens with one attached hydrogen (secondary N) is 1. The van der Waals surface area contributed by atoms with Crippen LogP contribution in [0.4, 0.5) is 0 Å². The van der Waals surface area contributed by atoms with Crippen LogP contribution >= 0.6 is 0 Å². The zero-order valence-corrected chi connectivity index (χ0v) is 12.3. The Morgan fingerprint density at radius 3 is 2.68 bits per heavy atom. The van der Waals surface area contributed by atoms with E-state index in [0.29, 0.717) is 4.90 Å². The summed E-state index contributed by atoms with van der Waals surface area (Å²) in [5.74, 6) is 0.134. The topological polar surface area (TPSA) is 80.3 Å². The third-order valence-electron chi connectivity index (χ3n) is 3.26. The molecule has 0 aromatic heterocycles. The summed E-state index contributed by atoms with van der Waals surface area (Å²) in [6.45, 7) is 1.87. The van der Waals surface area contributed by atoms with Crippen LogP contribution < -0.4 is 5.32 Å². The van der Waals surface area contributed by atoms with Crippen molar-refractivity contribution in [3.05, 3.63) is 29.8 Å². The van der Waals surface area contributed by atoms with Crippen molar-refractivity contribution >= 4 is 19.7 Å². The molecule has 0 amide bonds. The molecule has 106 valence electrons. The van der Waals surface area contributed by atoms with E-state index >= 15 is 0 Å². The van der Waals surface area contributed by atoms with Gasteiger partial charge < -0.3 is 5.32 Å². The lowest BCUT2D eigenvalue weighted by atomic mass is 10.1. The molecule has 5 nitrogen and oxygen atoms in total. The summed E-state index contributed by atoms with van der Waals surface area (Å²) in [5, 5.41) is 3.03. The fourth-order valence-electron chi connectivity index (χ4n) is 2.15. The van der Waals surface area contributed by atoms with Crippen LogP contribution in [0.2, 0.25) is 0 Å². The Hall–Kier alpha value is -0.920. The predicted molar refractivity (Wildman–Crippen MR) is 73.6 cm³/mol. The third kappa shape index (κ3) is 3.16. The van der Waals surface area contributed by atoms with E-state index in [-0.39, 0.29) is 29.8 Å². The number of sulfone groups is 2. The van der Waals surface area contributed by atoms with Gasteiger partial charge >= 0.3 is 0 Å². The Morgan fingerprint density at radius 2 is 2.00 bits per heavy atom. The molecule has 1 aromatic carbocycles. The average Bonchev–Trinajstić information content (AvgIpc) is 2.62. The smallest absolute Gasteiger partial charge is 0.180 e. The van der Waals surface area contributed by atoms with Gasteiger partial charge in [0.25, 0.3) is 0 Å². The summed E-state index contributed by atoms with van der Waals surface area (Å²) in [6.07, 6.45) is 0. The van der Waals surface area contributed by atoms with E-state index in [1.807, 2.05) is 0 Å². The summed E-state index contributed by atoms with van der Waals surface area (Å²) in [6, 6.07) is 6.53. The monoisotopic (exact) mass is 303 g/mol. The van der Waals surface area contributed by atoms with Gasteiger partial charge in [-0.15, -0.1) is 0 Å². The lowest BCUT2D eigenvalue weighted by Crippen LogP contribution is -2.28. The lowest BCUT2D eigenvalue weighted by Gasteiger charge is -2.12. The highest BCUT2D eigenvalue weighted by Gasteiger charge is 2.33. The Bertz CT molecular complexity index is 665. The minimum Gasteiger partial charge on any atom is -0.308 e. The van der Waals surface area contributed by atoms with Crippen molar-refractivity contribution in [3.63, 3.8) is 0 Å². The van der Waals surface area contributed by atoms with Gasteiger partial charge in [-0.1, -0.05) is 25.1 Å². The minimum atomic E-state index is -3.24. The molecule has 7 heteroatoms. The predicted octanol–water partition coefficient (Wildman–Crippen LogP) is 0.539. The molecule has 1 aromatic rings. The average molecular weight is 303 g/mol. The van der Waals surface area contributed by atoms with Crippen LogP contribution in [0.15, 0.2) is 29.2 Å². The van der Waals surface area contributed by atoms with Gasteiger partial charge in [-0.25, -0.2) is 16.8 Å². The summed E-state index contributed by atoms with van der Waals surface area (Å²) in [5.41, 5.74) is 0.733. The Labute approximate surface area is 113 Å². The number of fused-ring (bicyclic) bond motifs is 1. The minimum absolute atomic E-state index is 0.00147. The Morgan fingerprint density at radius 1 is 1.32 bits per heavy atom. The maximum Gasteiger partial charge on any atom is 0.180 e. The van der Waals surface area contributed by atoms with Crippen LogP contribution in [0.5, 0.6) is 0 Å². The highest BCUT2D eigenvalue weighted by Crippen LogP contribution is 2.32. The van der Waals surface area contributed by atoms with Gasteiger partial charge in [0.1, 0.15) is 0 Å². The third-order valence-corrected chi connectivity index (χ3v) is 6.78. The van der Waals surface area contributed by atoms with Gasteiger partial charge in [0.15, 0.2) is 19.7 Å². The normalized spacial score (nSPS) is 21.2. The molecular formula is C12H17NO4S2. The maximum atomic E-state index is 11.9. The highest BCUT2D eigenvalue weighted by atomic mass is 32.2. The van der Waals surface area contributed by atoms with Crippen molar-refractivity contribution in [3.8, 4) is 0 Å². The van der Waals surface area contributed by atoms with E-state index in [4.69, 9.17) is 0 Å². The zero-order chi connectivity index (χ0) is 14.1. The van der Waals surface area contributed by atoms with Crippen LogP contribution in [0.25, 0.3) is 0 Å². The summed E-state index contributed by atoms with van der Waals surface area (Å²) >= 11 is 0. The van der Waals surface area contributed by atoms with Crippen LogP contribution in [-0.4, -0.2) is 40.6 Å². The van der Waals surface area contributed by atoms with Crippen LogP contribution in [0.1, 0.15) is 18.5 Å². The standard InChI is InChI=1S/C12H17NO4S2/c1-2-18(14,15)8-7-13-11-9-19(16,17)12-6-4-3-5-10(11)12/h3-6,11,13H,2,7-9H2,1H3. The van der Waals surface area contributed by atoms with Crippen molar-refractivity contribution in [1.82, 2.24) is 5.32 Å². The van der Waals surface area contributed by atoms with Crippen molar-refractivity contribution < 1.29 is 16.8 Å². The van der Waals surface area contributed by atoms with Crippen LogP contribution in [0.3, 0.4) is 0 Å². The molecule has 19 heavy (non-hydrogen) atoms. The molecule has 1 unspecified atom stereocenters. The number of rotatable bonds is 5. The molecule has 0 saturated heterocycles. The largest absolute Gasteiger partial charge is 0.308 e. The van der Waals surface area contributed by atoms with E-state index in [9.17, 15) is 16.8 Å². The molecule has 1 atom stereocenters. The van der Waals surface area contributed by atoms with Crippen molar-refractivity contribution in [2.75, 3.05) is 23.8 Å². The molecule has 1 aliphatic heterocycles. The highest BCUT2D eigenvalue weighted by molar-refractivity contribution is 7.92. The molecule has 1 heterocycles. The first-order chi connectivity index (χ1) is 8.86. The Balaban J connectivity index is 2.09. The second-order valence-corrected chi connectivity index (χ2v) is 9.04. The zero-order valence-electron chi connectivity index (χ0n) is 10.7. The molecule has 0 radical (unpaired) electrons. The first-order valence-electron chi connectivity index (χ1n) is 6.11. The Kier molecular flexibility index (Phi) is 3.98. The quantitative estimate of drug-likeness (QED) is 0.858. The van der Waals surface area contributed by atoms with E-state index in [1.54, 1.807) is 31.2 Å². The van der Waals surface area contributed by atoms with Crippen molar-refractivity contribution in [1.29, 1.82) is 0 Å². The van der Waals surface area contributed by atoms with Crippen LogP contribution in [0, 0.1) is 0 Å². The van der Waals surface area contributed by atoms with Gasteiger partial charge in [-0.2, -0.15) is 0 Å². The fourth-order valence-corrected chi connectivity index (χ4v) is 4.64. The van der Waals surface area contributed by atoms with E-state index < -0.39 is 19.7 Å². The van der Waals surface area contributed by atoms with Gasteiger partial charge in [-0.05, 0) is 11.6 Å². The van der Waals surface area contributed by atoms with E-state index in [0.717, 1.165) is 5.56 Å². The van der Waals surface area contributed by atoms with Gasteiger partial charge in [0, 0.05) is 18.3 Å². The molecule has 1 aliphatic rings. The van der Waals surface area contributed by atoms with E-state index in [2.05, 4.69) is 5.32 Å². The summed E-state index contributed by atoms with van der Waals surface area (Å²) in [7, 11) is -6.27. The first-order valence-corrected chi connectivity index (χ1v) is 9.58. The second kappa shape index (κ2) is 5.22. The number of hydrogen-bond acceptors (Lipinski definition) is 5. The lowest BCUT2D eigenvalue weighted by molar-refractivity contribution is 0.569. The SMILES string of the molecule is CCS(=O)(=O)CCNC1CS(=O)(=O)c2ccccc21. The van der Waals surface area contributed by atoms with Crippen molar-refractivity contribution in [2.24, 2.45) is 0 Å². The summed E-state index contributed by atoms with van der Waals surface area (Å²) < 4.78 is 46.6. The van der Waals surface area contributed by atoms with Crippen LogP contribution in [-0.2, 0) is 19.7 Å². The van der Waals surface area contributed by atoms with Gasteiger partial charge in [0.05, 0.1) is 16.4 Å². The number of benzene rings is 1. The second-order valence-electron chi connectivity index (χ2n) is 4.56.